The first-order valence-electron chi connectivity index (χ1n) is 9.29. The first-order chi connectivity index (χ1) is 11.9. The Morgan fingerprint density at radius 1 is 1.19 bits per heavy atom. The monoisotopic (exact) mass is 381 g/mol. The summed E-state index contributed by atoms with van der Waals surface area (Å²) in [4.78, 5) is 24.4. The van der Waals surface area contributed by atoms with Crippen molar-refractivity contribution in [2.45, 2.75) is 53.0 Å². The van der Waals surface area contributed by atoms with E-state index in [1.165, 1.54) is 0 Å². The predicted octanol–water partition coefficient (Wildman–Crippen LogP) is 3.52. The molecule has 1 aromatic rings. The molecule has 2 amide bonds. The number of nitrogens with one attached hydrogen (secondary N) is 3. The second-order valence-corrected chi connectivity index (χ2v) is 7.47. The minimum atomic E-state index is -0.0875. The first kappa shape index (κ1) is 22.5. The first-order valence-corrected chi connectivity index (χ1v) is 9.29. The SMILES string of the molecule is Cc1cc(C(=O)NC(C)C)ccc1NC(=O)CC(C)C1CCNCC1.Cl. The van der Waals surface area contributed by atoms with Crippen molar-refractivity contribution in [1.29, 1.82) is 0 Å². The Kier molecular flexibility index (Phi) is 9.09. The fourth-order valence-electron chi connectivity index (χ4n) is 3.36. The van der Waals surface area contributed by atoms with E-state index in [-0.39, 0.29) is 30.3 Å². The van der Waals surface area contributed by atoms with Crippen molar-refractivity contribution in [2.24, 2.45) is 11.8 Å². The van der Waals surface area contributed by atoms with Crippen LogP contribution in [-0.2, 0) is 4.79 Å². The highest BCUT2D eigenvalue weighted by atomic mass is 35.5. The quantitative estimate of drug-likeness (QED) is 0.706. The molecule has 0 radical (unpaired) electrons. The van der Waals surface area contributed by atoms with Gasteiger partial charge in [0.1, 0.15) is 0 Å². The van der Waals surface area contributed by atoms with E-state index in [0.717, 1.165) is 37.2 Å². The molecule has 0 spiro atoms. The molecule has 0 bridgehead atoms. The molecule has 1 fully saturated rings. The molecular formula is C20H32ClN3O2. The smallest absolute Gasteiger partial charge is 0.251 e. The maximum atomic E-state index is 12.4. The topological polar surface area (TPSA) is 70.2 Å². The van der Waals surface area contributed by atoms with Crippen LogP contribution in [0.5, 0.6) is 0 Å². The van der Waals surface area contributed by atoms with E-state index in [2.05, 4.69) is 22.9 Å². The predicted molar refractivity (Wildman–Crippen MR) is 109 cm³/mol. The van der Waals surface area contributed by atoms with Gasteiger partial charge < -0.3 is 16.0 Å². The summed E-state index contributed by atoms with van der Waals surface area (Å²) in [7, 11) is 0. The summed E-state index contributed by atoms with van der Waals surface area (Å²) in [6.45, 7) is 10.1. The second kappa shape index (κ2) is 10.5. The van der Waals surface area contributed by atoms with Crippen LogP contribution in [0.15, 0.2) is 18.2 Å². The van der Waals surface area contributed by atoms with Crippen LogP contribution in [0, 0.1) is 18.8 Å². The molecule has 26 heavy (non-hydrogen) atoms. The summed E-state index contributed by atoms with van der Waals surface area (Å²) >= 11 is 0. The highest BCUT2D eigenvalue weighted by Crippen LogP contribution is 2.25. The van der Waals surface area contributed by atoms with Gasteiger partial charge in [0, 0.05) is 23.7 Å². The van der Waals surface area contributed by atoms with Crippen molar-refractivity contribution < 1.29 is 9.59 Å². The van der Waals surface area contributed by atoms with Crippen molar-refractivity contribution in [2.75, 3.05) is 18.4 Å². The normalized spacial score (nSPS) is 15.9. The molecule has 1 aromatic carbocycles. The van der Waals surface area contributed by atoms with E-state index in [9.17, 15) is 9.59 Å². The molecule has 1 aliphatic heterocycles. The molecule has 0 aromatic heterocycles. The molecule has 1 aliphatic rings. The number of hydrogen-bond acceptors (Lipinski definition) is 3. The van der Waals surface area contributed by atoms with Crippen molar-refractivity contribution in [3.8, 4) is 0 Å². The molecule has 5 nitrogen and oxygen atoms in total. The molecule has 1 heterocycles. The van der Waals surface area contributed by atoms with Gasteiger partial charge in [0.05, 0.1) is 0 Å². The lowest BCUT2D eigenvalue weighted by molar-refractivity contribution is -0.117. The zero-order valence-electron chi connectivity index (χ0n) is 16.2. The molecule has 3 N–H and O–H groups in total. The Balaban J connectivity index is 0.00000338. The number of halogens is 1. The highest BCUT2D eigenvalue weighted by Gasteiger charge is 2.22. The van der Waals surface area contributed by atoms with Gasteiger partial charge in [-0.15, -0.1) is 12.4 Å². The van der Waals surface area contributed by atoms with Gasteiger partial charge in [0.25, 0.3) is 5.91 Å². The Hall–Kier alpha value is -1.59. The summed E-state index contributed by atoms with van der Waals surface area (Å²) in [5.41, 5.74) is 2.30. The summed E-state index contributed by atoms with van der Waals surface area (Å²) in [5, 5.41) is 9.24. The van der Waals surface area contributed by atoms with Gasteiger partial charge in [-0.2, -0.15) is 0 Å². The maximum absolute atomic E-state index is 12.4. The fraction of sp³-hybridized carbons (Fsp3) is 0.600. The number of amides is 2. The number of carbonyl (C=O) groups is 2. The van der Waals surface area contributed by atoms with Crippen molar-refractivity contribution in [1.82, 2.24) is 10.6 Å². The van der Waals surface area contributed by atoms with Gasteiger partial charge in [-0.1, -0.05) is 6.92 Å². The van der Waals surface area contributed by atoms with Crippen LogP contribution in [0.1, 0.15) is 56.0 Å². The van der Waals surface area contributed by atoms with Gasteiger partial charge >= 0.3 is 0 Å². The Morgan fingerprint density at radius 2 is 1.85 bits per heavy atom. The molecular weight excluding hydrogens is 350 g/mol. The molecule has 0 aliphatic carbocycles. The largest absolute Gasteiger partial charge is 0.350 e. The van der Waals surface area contributed by atoms with Crippen LogP contribution in [0.2, 0.25) is 0 Å². The molecule has 146 valence electrons. The summed E-state index contributed by atoms with van der Waals surface area (Å²) in [6.07, 6.45) is 2.83. The molecule has 1 atom stereocenters. The third kappa shape index (κ3) is 6.61. The average molecular weight is 382 g/mol. The molecule has 1 saturated heterocycles. The van der Waals surface area contributed by atoms with E-state index in [4.69, 9.17) is 0 Å². The zero-order chi connectivity index (χ0) is 18.4. The lowest BCUT2D eigenvalue weighted by Crippen LogP contribution is -2.32. The summed E-state index contributed by atoms with van der Waals surface area (Å²) < 4.78 is 0. The Labute approximate surface area is 163 Å². The Morgan fingerprint density at radius 3 is 2.42 bits per heavy atom. The number of hydrogen-bond donors (Lipinski definition) is 3. The van der Waals surface area contributed by atoms with Crippen LogP contribution in [0.3, 0.4) is 0 Å². The number of piperidine rings is 1. The van der Waals surface area contributed by atoms with Crippen LogP contribution in [0.25, 0.3) is 0 Å². The standard InChI is InChI=1S/C20H31N3O2.ClH/c1-13(2)22-20(25)17-5-6-18(15(4)11-17)23-19(24)12-14(3)16-7-9-21-10-8-16;/h5-6,11,13-14,16,21H,7-10,12H2,1-4H3,(H,22,25)(H,23,24);1H. The van der Waals surface area contributed by atoms with E-state index < -0.39 is 0 Å². The molecule has 6 heteroatoms. The lowest BCUT2D eigenvalue weighted by atomic mass is 9.84. The minimum absolute atomic E-state index is 0. The zero-order valence-corrected chi connectivity index (χ0v) is 17.0. The second-order valence-electron chi connectivity index (χ2n) is 7.47. The summed E-state index contributed by atoms with van der Waals surface area (Å²) in [6, 6.07) is 5.50. The van der Waals surface area contributed by atoms with Crippen molar-refractivity contribution >= 4 is 29.9 Å². The lowest BCUT2D eigenvalue weighted by Gasteiger charge is -2.28. The van der Waals surface area contributed by atoms with Gasteiger partial charge in [-0.05, 0) is 82.3 Å². The average Bonchev–Trinajstić information content (AvgIpc) is 2.56. The Bertz CT molecular complexity index is 613. The third-order valence-electron chi connectivity index (χ3n) is 4.88. The van der Waals surface area contributed by atoms with E-state index in [1.807, 2.05) is 32.9 Å². The van der Waals surface area contributed by atoms with E-state index in [1.54, 1.807) is 6.07 Å². The van der Waals surface area contributed by atoms with Crippen molar-refractivity contribution in [3.63, 3.8) is 0 Å². The van der Waals surface area contributed by atoms with Crippen LogP contribution in [0.4, 0.5) is 5.69 Å². The van der Waals surface area contributed by atoms with Gasteiger partial charge in [0.2, 0.25) is 5.91 Å². The van der Waals surface area contributed by atoms with E-state index >= 15 is 0 Å². The van der Waals surface area contributed by atoms with Crippen LogP contribution < -0.4 is 16.0 Å². The minimum Gasteiger partial charge on any atom is -0.350 e. The molecule has 1 unspecified atom stereocenters. The number of rotatable bonds is 6. The van der Waals surface area contributed by atoms with Crippen LogP contribution in [-0.4, -0.2) is 30.9 Å². The van der Waals surface area contributed by atoms with Crippen molar-refractivity contribution in [3.05, 3.63) is 29.3 Å². The molecule has 0 saturated carbocycles. The molecule has 2 rings (SSSR count). The van der Waals surface area contributed by atoms with Crippen LogP contribution >= 0.6 is 12.4 Å². The van der Waals surface area contributed by atoms with E-state index in [0.29, 0.717) is 23.8 Å². The number of anilines is 1. The number of benzene rings is 1. The number of aryl methyl sites for hydroxylation is 1. The summed E-state index contributed by atoms with van der Waals surface area (Å²) in [5.74, 6) is 0.970. The van der Waals surface area contributed by atoms with Gasteiger partial charge in [-0.25, -0.2) is 0 Å². The van der Waals surface area contributed by atoms with Gasteiger partial charge in [0.15, 0.2) is 0 Å². The van der Waals surface area contributed by atoms with Gasteiger partial charge in [-0.3, -0.25) is 9.59 Å². The maximum Gasteiger partial charge on any atom is 0.251 e. The fourth-order valence-corrected chi connectivity index (χ4v) is 3.36. The highest BCUT2D eigenvalue weighted by molar-refractivity contribution is 5.96. The third-order valence-corrected chi connectivity index (χ3v) is 4.88. The number of carbonyl (C=O) groups excluding carboxylic acids is 2.